The molecule has 0 aliphatic carbocycles. The minimum absolute atomic E-state index is 0.0935. The van der Waals surface area contributed by atoms with Crippen molar-refractivity contribution < 1.29 is 23.4 Å². The lowest BCUT2D eigenvalue weighted by Crippen LogP contribution is -2.58. The van der Waals surface area contributed by atoms with Gasteiger partial charge in [-0.25, -0.2) is 8.78 Å². The third-order valence-corrected chi connectivity index (χ3v) is 7.21. The van der Waals surface area contributed by atoms with Crippen molar-refractivity contribution in [1.82, 2.24) is 24.6 Å². The summed E-state index contributed by atoms with van der Waals surface area (Å²) in [6.07, 6.45) is 4.69. The second kappa shape index (κ2) is 11.1. The van der Waals surface area contributed by atoms with E-state index >= 15 is 4.39 Å². The second-order valence-electron chi connectivity index (χ2n) is 9.57. The van der Waals surface area contributed by atoms with Crippen LogP contribution in [-0.4, -0.2) is 67.4 Å². The number of amides is 1. The Bertz CT molecular complexity index is 1560. The summed E-state index contributed by atoms with van der Waals surface area (Å²) in [6.45, 7) is 8.72. The lowest BCUT2D eigenvalue weighted by Gasteiger charge is -2.44. The predicted octanol–water partition coefficient (Wildman–Crippen LogP) is 4.82. The molecule has 12 heteroatoms. The van der Waals surface area contributed by atoms with Gasteiger partial charge in [0.2, 0.25) is 5.91 Å². The average Bonchev–Trinajstić information content (AvgIpc) is 3.44. The zero-order chi connectivity index (χ0) is 28.6. The van der Waals surface area contributed by atoms with E-state index in [0.717, 1.165) is 6.07 Å². The van der Waals surface area contributed by atoms with Crippen LogP contribution in [0.25, 0.3) is 22.0 Å². The molecule has 3 heterocycles. The maximum atomic E-state index is 16.2. The Morgan fingerprint density at radius 3 is 2.70 bits per heavy atom. The molecular weight excluding hydrogens is 542 g/mol. The van der Waals surface area contributed by atoms with Crippen LogP contribution in [0.4, 0.5) is 14.6 Å². The molecule has 1 amide bonds. The number of benzene rings is 2. The Morgan fingerprint density at radius 1 is 1.20 bits per heavy atom. The van der Waals surface area contributed by atoms with Gasteiger partial charge in [0.15, 0.2) is 5.82 Å². The number of hydrogen-bond acceptors (Lipinski definition) is 7. The molecule has 2 atom stereocenters. The number of hydrogen-bond donors (Lipinski definition) is 1. The normalized spacial score (nSPS) is 17.3. The van der Waals surface area contributed by atoms with Gasteiger partial charge in [-0.1, -0.05) is 24.2 Å². The smallest absolute Gasteiger partial charge is 0.319 e. The maximum Gasteiger partial charge on any atom is 0.319 e. The Balaban J connectivity index is 1.63. The number of aromatic nitrogens is 4. The van der Waals surface area contributed by atoms with Crippen molar-refractivity contribution in [3.63, 3.8) is 0 Å². The predicted molar refractivity (Wildman–Crippen MR) is 147 cm³/mol. The van der Waals surface area contributed by atoms with Crippen LogP contribution < -0.4 is 9.64 Å². The monoisotopic (exact) mass is 568 g/mol. The molecule has 2 aromatic carbocycles. The van der Waals surface area contributed by atoms with Gasteiger partial charge in [-0.2, -0.15) is 15.1 Å². The summed E-state index contributed by atoms with van der Waals surface area (Å²) in [7, 11) is 0. The third-order valence-electron chi connectivity index (χ3n) is 6.91. The molecule has 1 saturated heterocycles. The minimum atomic E-state index is -0.926. The molecule has 40 heavy (non-hydrogen) atoms. The Morgan fingerprint density at radius 2 is 2.00 bits per heavy atom. The van der Waals surface area contributed by atoms with Crippen LogP contribution in [0.3, 0.4) is 0 Å². The summed E-state index contributed by atoms with van der Waals surface area (Å²) in [5, 5.41) is 14.7. The molecule has 0 bridgehead atoms. The molecule has 1 N–H and O–H groups in total. The number of carbonyl (C=O) groups excluding carboxylic acids is 1. The molecule has 0 spiro atoms. The Hall–Kier alpha value is -4.25. The SMILES string of the molecule is C=CC(=O)N1C[C@H](C)N(c2nc(OCCn3cccn3)nc3c(F)c(-c4c(O)cccc4F)c(Cl)cc23)C[C@H]1C. The van der Waals surface area contributed by atoms with Crippen molar-refractivity contribution >= 4 is 34.2 Å². The minimum Gasteiger partial charge on any atom is -0.507 e. The summed E-state index contributed by atoms with van der Waals surface area (Å²) < 4.78 is 38.5. The van der Waals surface area contributed by atoms with Crippen LogP contribution in [0.1, 0.15) is 13.8 Å². The number of aromatic hydroxyl groups is 1. The molecule has 1 aliphatic heterocycles. The van der Waals surface area contributed by atoms with E-state index in [1.54, 1.807) is 28.0 Å². The summed E-state index contributed by atoms with van der Waals surface area (Å²) in [6, 6.07) is 6.40. The first-order chi connectivity index (χ1) is 19.2. The van der Waals surface area contributed by atoms with Gasteiger partial charge in [0.25, 0.3) is 0 Å². The zero-order valence-corrected chi connectivity index (χ0v) is 22.6. The van der Waals surface area contributed by atoms with Crippen molar-refractivity contribution in [3.8, 4) is 22.9 Å². The van der Waals surface area contributed by atoms with Gasteiger partial charge in [0, 0.05) is 48.5 Å². The van der Waals surface area contributed by atoms with Gasteiger partial charge in [0.1, 0.15) is 29.5 Å². The van der Waals surface area contributed by atoms with Crippen molar-refractivity contribution in [3.05, 3.63) is 72.0 Å². The van der Waals surface area contributed by atoms with Gasteiger partial charge >= 0.3 is 6.01 Å². The highest BCUT2D eigenvalue weighted by Crippen LogP contribution is 2.43. The molecule has 0 radical (unpaired) electrons. The van der Waals surface area contributed by atoms with E-state index in [0.29, 0.717) is 25.5 Å². The number of ether oxygens (including phenoxy) is 1. The van der Waals surface area contributed by atoms with Gasteiger partial charge < -0.3 is 19.6 Å². The van der Waals surface area contributed by atoms with Crippen LogP contribution >= 0.6 is 11.6 Å². The molecule has 0 saturated carbocycles. The van der Waals surface area contributed by atoms with E-state index in [9.17, 15) is 14.3 Å². The van der Waals surface area contributed by atoms with Gasteiger partial charge in [-0.3, -0.25) is 9.48 Å². The van der Waals surface area contributed by atoms with Crippen LogP contribution in [-0.2, 0) is 11.3 Å². The highest BCUT2D eigenvalue weighted by molar-refractivity contribution is 6.34. The van der Waals surface area contributed by atoms with E-state index in [1.165, 1.54) is 24.3 Å². The summed E-state index contributed by atoms with van der Waals surface area (Å²) in [5.41, 5.74) is -0.836. The molecule has 1 aliphatic rings. The summed E-state index contributed by atoms with van der Waals surface area (Å²) in [5.74, 6) is -2.05. The number of nitrogens with zero attached hydrogens (tertiary/aromatic N) is 6. The zero-order valence-electron chi connectivity index (χ0n) is 21.9. The molecule has 208 valence electrons. The molecule has 4 aromatic rings. The first-order valence-electron chi connectivity index (χ1n) is 12.7. The number of fused-ring (bicyclic) bond motifs is 1. The molecule has 1 fully saturated rings. The highest BCUT2D eigenvalue weighted by atomic mass is 35.5. The van der Waals surface area contributed by atoms with E-state index in [1.807, 2.05) is 18.7 Å². The number of carbonyl (C=O) groups is 1. The third kappa shape index (κ3) is 5.04. The first-order valence-corrected chi connectivity index (χ1v) is 13.0. The number of phenols is 1. The fourth-order valence-electron chi connectivity index (χ4n) is 4.94. The van der Waals surface area contributed by atoms with Crippen molar-refractivity contribution in [2.45, 2.75) is 32.5 Å². The topological polar surface area (TPSA) is 96.6 Å². The van der Waals surface area contributed by atoms with E-state index in [4.69, 9.17) is 16.3 Å². The maximum absolute atomic E-state index is 16.2. The molecule has 9 nitrogen and oxygen atoms in total. The van der Waals surface area contributed by atoms with Crippen molar-refractivity contribution in [2.24, 2.45) is 0 Å². The molecule has 2 aromatic heterocycles. The molecule has 0 unspecified atom stereocenters. The van der Waals surface area contributed by atoms with Crippen LogP contribution in [0, 0.1) is 11.6 Å². The lowest BCUT2D eigenvalue weighted by atomic mass is 10.0. The van der Waals surface area contributed by atoms with Crippen LogP contribution in [0.15, 0.2) is 55.4 Å². The highest BCUT2D eigenvalue weighted by Gasteiger charge is 2.34. The van der Waals surface area contributed by atoms with Crippen LogP contribution in [0.5, 0.6) is 11.8 Å². The van der Waals surface area contributed by atoms with E-state index in [2.05, 4.69) is 21.6 Å². The molecule has 5 rings (SSSR count). The largest absolute Gasteiger partial charge is 0.507 e. The number of piperazine rings is 1. The average molecular weight is 569 g/mol. The van der Waals surface area contributed by atoms with Crippen molar-refractivity contribution in [2.75, 3.05) is 24.6 Å². The Labute approximate surface area is 234 Å². The number of halogens is 3. The van der Waals surface area contributed by atoms with Gasteiger partial charge in [-0.15, -0.1) is 0 Å². The first kappa shape index (κ1) is 27.3. The second-order valence-corrected chi connectivity index (χ2v) is 9.98. The number of rotatable bonds is 7. The summed E-state index contributed by atoms with van der Waals surface area (Å²) in [4.78, 5) is 25.0. The standard InChI is InChI=1S/C28H27ClF2N6O3/c1-4-22(39)36-14-17(3)37(15-16(36)2)27-18-13-19(29)23(24-20(30)7-5-8-21(24)38)25(31)26(18)33-28(34-27)40-12-11-35-10-6-9-32-35/h4-10,13,16-17,38H,1,11-12,14-15H2,2-3H3/t16-,17+/m1/s1. The quantitative estimate of drug-likeness (QED) is 0.319. The number of anilines is 1. The van der Waals surface area contributed by atoms with Gasteiger partial charge in [-0.05, 0) is 44.2 Å². The van der Waals surface area contributed by atoms with Crippen molar-refractivity contribution in [1.29, 1.82) is 0 Å². The molecular formula is C28H27ClF2N6O3. The van der Waals surface area contributed by atoms with E-state index < -0.39 is 17.4 Å². The van der Waals surface area contributed by atoms with Gasteiger partial charge in [0.05, 0.1) is 17.1 Å². The fraction of sp³-hybridized carbons (Fsp3) is 0.286. The fourth-order valence-corrected chi connectivity index (χ4v) is 5.23. The van der Waals surface area contributed by atoms with E-state index in [-0.39, 0.29) is 57.7 Å². The lowest BCUT2D eigenvalue weighted by molar-refractivity contribution is -0.128. The Kier molecular flexibility index (Phi) is 7.57. The summed E-state index contributed by atoms with van der Waals surface area (Å²) >= 11 is 6.53. The van der Waals surface area contributed by atoms with Crippen LogP contribution in [0.2, 0.25) is 5.02 Å². The number of phenolic OH excluding ortho intramolecular Hbond substituents is 1.